The van der Waals surface area contributed by atoms with Crippen molar-refractivity contribution in [2.45, 2.75) is 19.8 Å². The Morgan fingerprint density at radius 3 is 2.77 bits per heavy atom. The molecule has 0 aliphatic heterocycles. The third-order valence-corrected chi connectivity index (χ3v) is 3.58. The van der Waals surface area contributed by atoms with Crippen molar-refractivity contribution in [1.82, 2.24) is 4.98 Å². The molecule has 22 heavy (non-hydrogen) atoms. The SMILES string of the molecule is CCCCNc1ccnc(C(=O)Nc2ccc(Cl)cc2Cl)c1. The van der Waals surface area contributed by atoms with Gasteiger partial charge in [-0.25, -0.2) is 0 Å². The Hall–Kier alpha value is -1.78. The van der Waals surface area contributed by atoms with Crippen molar-refractivity contribution in [3.05, 3.63) is 52.3 Å². The number of aromatic nitrogens is 1. The van der Waals surface area contributed by atoms with E-state index in [9.17, 15) is 4.79 Å². The van der Waals surface area contributed by atoms with Crippen LogP contribution >= 0.6 is 23.2 Å². The lowest BCUT2D eigenvalue weighted by Crippen LogP contribution is -2.14. The third-order valence-electron chi connectivity index (χ3n) is 3.03. The molecule has 2 aromatic rings. The second-order valence-electron chi connectivity index (χ2n) is 4.79. The molecule has 0 bridgehead atoms. The van der Waals surface area contributed by atoms with E-state index in [4.69, 9.17) is 23.2 Å². The van der Waals surface area contributed by atoms with Crippen LogP contribution in [-0.4, -0.2) is 17.4 Å². The molecule has 1 heterocycles. The summed E-state index contributed by atoms with van der Waals surface area (Å²) in [6.07, 6.45) is 3.79. The van der Waals surface area contributed by atoms with Gasteiger partial charge in [0.15, 0.2) is 0 Å². The smallest absolute Gasteiger partial charge is 0.274 e. The highest BCUT2D eigenvalue weighted by molar-refractivity contribution is 6.36. The largest absolute Gasteiger partial charge is 0.385 e. The number of carbonyl (C=O) groups is 1. The molecular formula is C16H17Cl2N3O. The van der Waals surface area contributed by atoms with E-state index in [0.29, 0.717) is 21.4 Å². The maximum Gasteiger partial charge on any atom is 0.274 e. The molecule has 6 heteroatoms. The number of benzene rings is 1. The number of nitrogens with one attached hydrogen (secondary N) is 2. The van der Waals surface area contributed by atoms with Gasteiger partial charge in [0, 0.05) is 23.5 Å². The minimum Gasteiger partial charge on any atom is -0.385 e. The summed E-state index contributed by atoms with van der Waals surface area (Å²) in [7, 11) is 0. The van der Waals surface area contributed by atoms with Gasteiger partial charge in [0.2, 0.25) is 0 Å². The summed E-state index contributed by atoms with van der Waals surface area (Å²) >= 11 is 11.9. The lowest BCUT2D eigenvalue weighted by Gasteiger charge is -2.09. The molecule has 0 unspecified atom stereocenters. The van der Waals surface area contributed by atoms with Gasteiger partial charge in [-0.1, -0.05) is 36.5 Å². The zero-order valence-electron chi connectivity index (χ0n) is 12.2. The van der Waals surface area contributed by atoms with E-state index in [1.165, 1.54) is 0 Å². The van der Waals surface area contributed by atoms with Gasteiger partial charge in [0.05, 0.1) is 10.7 Å². The van der Waals surface area contributed by atoms with E-state index < -0.39 is 0 Å². The summed E-state index contributed by atoms with van der Waals surface area (Å²) in [5, 5.41) is 6.89. The fraction of sp³-hybridized carbons (Fsp3) is 0.250. The Bertz CT molecular complexity index is 662. The van der Waals surface area contributed by atoms with E-state index in [1.54, 1.807) is 30.5 Å². The van der Waals surface area contributed by atoms with E-state index in [2.05, 4.69) is 22.5 Å². The highest BCUT2D eigenvalue weighted by Crippen LogP contribution is 2.25. The van der Waals surface area contributed by atoms with Crippen LogP contribution < -0.4 is 10.6 Å². The van der Waals surface area contributed by atoms with Gasteiger partial charge in [-0.05, 0) is 36.8 Å². The molecule has 4 nitrogen and oxygen atoms in total. The molecule has 0 saturated heterocycles. The number of hydrogen-bond acceptors (Lipinski definition) is 3. The summed E-state index contributed by atoms with van der Waals surface area (Å²) in [4.78, 5) is 16.3. The number of rotatable bonds is 6. The first-order valence-electron chi connectivity index (χ1n) is 7.06. The minimum absolute atomic E-state index is 0.316. The number of unbranched alkanes of at least 4 members (excludes halogenated alkanes) is 1. The van der Waals surface area contributed by atoms with Crippen LogP contribution in [0.5, 0.6) is 0 Å². The molecule has 0 fully saturated rings. The van der Waals surface area contributed by atoms with Gasteiger partial charge in [0.25, 0.3) is 5.91 Å². The van der Waals surface area contributed by atoms with Gasteiger partial charge in [-0.2, -0.15) is 0 Å². The van der Waals surface area contributed by atoms with E-state index >= 15 is 0 Å². The van der Waals surface area contributed by atoms with Crippen LogP contribution in [0.25, 0.3) is 0 Å². The van der Waals surface area contributed by atoms with Gasteiger partial charge in [-0.3, -0.25) is 9.78 Å². The average molecular weight is 338 g/mol. The van der Waals surface area contributed by atoms with Crippen LogP contribution in [0.3, 0.4) is 0 Å². The second kappa shape index (κ2) is 8.01. The lowest BCUT2D eigenvalue weighted by molar-refractivity contribution is 0.102. The highest BCUT2D eigenvalue weighted by atomic mass is 35.5. The lowest BCUT2D eigenvalue weighted by atomic mass is 10.2. The maximum absolute atomic E-state index is 12.2. The molecule has 0 radical (unpaired) electrons. The zero-order chi connectivity index (χ0) is 15.9. The molecule has 116 valence electrons. The van der Waals surface area contributed by atoms with E-state index in [-0.39, 0.29) is 5.91 Å². The molecule has 0 spiro atoms. The van der Waals surface area contributed by atoms with Gasteiger partial charge in [0.1, 0.15) is 5.69 Å². The second-order valence-corrected chi connectivity index (χ2v) is 5.63. The Kier molecular flexibility index (Phi) is 6.04. The fourth-order valence-corrected chi connectivity index (χ4v) is 2.31. The van der Waals surface area contributed by atoms with Crippen molar-refractivity contribution >= 4 is 40.5 Å². The van der Waals surface area contributed by atoms with Crippen molar-refractivity contribution in [3.8, 4) is 0 Å². The van der Waals surface area contributed by atoms with Crippen LogP contribution in [-0.2, 0) is 0 Å². The number of hydrogen-bond donors (Lipinski definition) is 2. The molecular weight excluding hydrogens is 321 g/mol. The Balaban J connectivity index is 2.07. The Morgan fingerprint density at radius 1 is 1.23 bits per heavy atom. The topological polar surface area (TPSA) is 54.0 Å². The minimum atomic E-state index is -0.316. The van der Waals surface area contributed by atoms with E-state index in [1.807, 2.05) is 6.07 Å². The Labute approximate surface area is 139 Å². The first kappa shape index (κ1) is 16.6. The highest BCUT2D eigenvalue weighted by Gasteiger charge is 2.10. The summed E-state index contributed by atoms with van der Waals surface area (Å²) in [5.41, 5.74) is 1.70. The summed E-state index contributed by atoms with van der Waals surface area (Å²) in [6.45, 7) is 2.99. The van der Waals surface area contributed by atoms with Crippen molar-refractivity contribution in [2.75, 3.05) is 17.2 Å². The van der Waals surface area contributed by atoms with Crippen LogP contribution in [0.1, 0.15) is 30.3 Å². The molecule has 1 aromatic heterocycles. The number of nitrogens with zero attached hydrogens (tertiary/aromatic N) is 1. The van der Waals surface area contributed by atoms with Crippen LogP contribution in [0.4, 0.5) is 11.4 Å². The maximum atomic E-state index is 12.2. The van der Waals surface area contributed by atoms with Gasteiger partial charge < -0.3 is 10.6 Å². The monoisotopic (exact) mass is 337 g/mol. The molecule has 0 saturated carbocycles. The molecule has 2 N–H and O–H groups in total. The van der Waals surface area contributed by atoms with Gasteiger partial charge in [-0.15, -0.1) is 0 Å². The van der Waals surface area contributed by atoms with Crippen molar-refractivity contribution in [1.29, 1.82) is 0 Å². The fourth-order valence-electron chi connectivity index (χ4n) is 1.85. The number of carbonyl (C=O) groups excluding carboxylic acids is 1. The number of anilines is 2. The summed E-state index contributed by atoms with van der Waals surface area (Å²) in [5.74, 6) is -0.316. The van der Waals surface area contributed by atoms with Gasteiger partial charge >= 0.3 is 0 Å². The zero-order valence-corrected chi connectivity index (χ0v) is 13.7. The first-order valence-corrected chi connectivity index (χ1v) is 7.82. The average Bonchev–Trinajstić information content (AvgIpc) is 2.50. The number of pyridine rings is 1. The van der Waals surface area contributed by atoms with Crippen LogP contribution in [0.2, 0.25) is 10.0 Å². The molecule has 1 aromatic carbocycles. The van der Waals surface area contributed by atoms with E-state index in [0.717, 1.165) is 25.1 Å². The summed E-state index contributed by atoms with van der Waals surface area (Å²) < 4.78 is 0. The molecule has 1 amide bonds. The van der Waals surface area contributed by atoms with Crippen LogP contribution in [0, 0.1) is 0 Å². The van der Waals surface area contributed by atoms with Crippen molar-refractivity contribution in [2.24, 2.45) is 0 Å². The third kappa shape index (κ3) is 4.61. The summed E-state index contributed by atoms with van der Waals surface area (Å²) in [6, 6.07) is 8.45. The van der Waals surface area contributed by atoms with Crippen molar-refractivity contribution in [3.63, 3.8) is 0 Å². The Morgan fingerprint density at radius 2 is 2.05 bits per heavy atom. The number of halogens is 2. The molecule has 0 atom stereocenters. The molecule has 0 aliphatic carbocycles. The predicted octanol–water partition coefficient (Wildman–Crippen LogP) is 4.85. The predicted molar refractivity (Wildman–Crippen MR) is 92.0 cm³/mol. The number of amides is 1. The quantitative estimate of drug-likeness (QED) is 0.740. The molecule has 2 rings (SSSR count). The normalized spacial score (nSPS) is 10.3. The van der Waals surface area contributed by atoms with Crippen molar-refractivity contribution < 1.29 is 4.79 Å². The first-order chi connectivity index (χ1) is 10.6. The molecule has 0 aliphatic rings. The van der Waals surface area contributed by atoms with Crippen LogP contribution in [0.15, 0.2) is 36.5 Å². The standard InChI is InChI=1S/C16H17Cl2N3O/c1-2-3-7-19-12-6-8-20-15(10-12)16(22)21-14-5-4-11(17)9-13(14)18/h4-6,8-10H,2-3,7H2,1H3,(H,19,20)(H,21,22).